The number of aromatic carboxylic acids is 1. The maximum absolute atomic E-state index is 10.9. The second kappa shape index (κ2) is 5.89. The van der Waals surface area contributed by atoms with Gasteiger partial charge in [0.25, 0.3) is 0 Å². The Labute approximate surface area is 120 Å². The molecule has 0 saturated carbocycles. The second-order valence-corrected chi connectivity index (χ2v) is 5.08. The van der Waals surface area contributed by atoms with Gasteiger partial charge in [-0.1, -0.05) is 29.8 Å². The van der Waals surface area contributed by atoms with Crippen LogP contribution in [0.15, 0.2) is 46.9 Å². The minimum absolute atomic E-state index is 0.211. The first kappa shape index (κ1) is 13.6. The van der Waals surface area contributed by atoms with Crippen LogP contribution in [0.25, 0.3) is 0 Å². The van der Waals surface area contributed by atoms with Gasteiger partial charge in [-0.05, 0) is 46.6 Å². The molecule has 0 aromatic heterocycles. The zero-order chi connectivity index (χ0) is 13.8. The first-order chi connectivity index (χ1) is 9.06. The standard InChI is InChI=1S/C15H13BrO3/c1-10-3-2-4-11(7-10)9-19-14-8-12(15(17)18)5-6-13(14)16/h2-8H,9H2,1H3,(H,17,18). The largest absolute Gasteiger partial charge is 0.488 e. The van der Waals surface area contributed by atoms with E-state index in [9.17, 15) is 4.79 Å². The van der Waals surface area contributed by atoms with E-state index in [-0.39, 0.29) is 5.56 Å². The van der Waals surface area contributed by atoms with E-state index in [1.807, 2.05) is 31.2 Å². The lowest BCUT2D eigenvalue weighted by atomic mass is 10.1. The fraction of sp³-hybridized carbons (Fsp3) is 0.133. The van der Waals surface area contributed by atoms with Crippen LogP contribution in [-0.2, 0) is 6.61 Å². The summed E-state index contributed by atoms with van der Waals surface area (Å²) in [5, 5.41) is 8.95. The average Bonchev–Trinajstić information content (AvgIpc) is 2.37. The Kier molecular flexibility index (Phi) is 4.22. The molecule has 0 amide bonds. The zero-order valence-electron chi connectivity index (χ0n) is 10.4. The summed E-state index contributed by atoms with van der Waals surface area (Å²) in [7, 11) is 0. The molecule has 3 nitrogen and oxygen atoms in total. The number of carboxylic acid groups (broad SMARTS) is 1. The van der Waals surface area contributed by atoms with Gasteiger partial charge in [0, 0.05) is 0 Å². The summed E-state index contributed by atoms with van der Waals surface area (Å²) >= 11 is 3.35. The van der Waals surface area contributed by atoms with Crippen LogP contribution in [-0.4, -0.2) is 11.1 Å². The molecule has 0 saturated heterocycles. The van der Waals surface area contributed by atoms with Crippen molar-refractivity contribution in [3.8, 4) is 5.75 Å². The number of carboxylic acids is 1. The Balaban J connectivity index is 2.15. The summed E-state index contributed by atoms with van der Waals surface area (Å²) in [5.41, 5.74) is 2.43. The van der Waals surface area contributed by atoms with E-state index in [2.05, 4.69) is 15.9 Å². The molecule has 0 atom stereocenters. The summed E-state index contributed by atoms with van der Waals surface area (Å²) in [6.45, 7) is 2.42. The highest BCUT2D eigenvalue weighted by Gasteiger charge is 2.08. The predicted octanol–water partition coefficient (Wildman–Crippen LogP) is 4.03. The van der Waals surface area contributed by atoms with Gasteiger partial charge in [-0.25, -0.2) is 4.79 Å². The number of halogens is 1. The lowest BCUT2D eigenvalue weighted by molar-refractivity contribution is 0.0696. The second-order valence-electron chi connectivity index (χ2n) is 4.23. The molecule has 2 aromatic rings. The van der Waals surface area contributed by atoms with Gasteiger partial charge in [0.05, 0.1) is 10.0 Å². The third-order valence-corrected chi connectivity index (χ3v) is 3.31. The molecule has 0 spiro atoms. The first-order valence-corrected chi connectivity index (χ1v) is 6.57. The zero-order valence-corrected chi connectivity index (χ0v) is 12.0. The molecule has 0 heterocycles. The summed E-state index contributed by atoms with van der Waals surface area (Å²) in [6.07, 6.45) is 0. The van der Waals surface area contributed by atoms with Gasteiger partial charge >= 0.3 is 5.97 Å². The summed E-state index contributed by atoms with van der Waals surface area (Å²) in [4.78, 5) is 10.9. The normalized spacial score (nSPS) is 10.2. The quantitative estimate of drug-likeness (QED) is 0.924. The van der Waals surface area contributed by atoms with Crippen molar-refractivity contribution >= 4 is 21.9 Å². The molecule has 19 heavy (non-hydrogen) atoms. The maximum Gasteiger partial charge on any atom is 0.335 e. The molecule has 4 heteroatoms. The molecule has 1 N–H and O–H groups in total. The Morgan fingerprint density at radius 1 is 1.26 bits per heavy atom. The molecule has 0 unspecified atom stereocenters. The molecule has 0 fully saturated rings. The lowest BCUT2D eigenvalue weighted by Gasteiger charge is -2.09. The van der Waals surface area contributed by atoms with E-state index in [0.717, 1.165) is 10.0 Å². The van der Waals surface area contributed by atoms with Gasteiger partial charge in [0.2, 0.25) is 0 Å². The van der Waals surface area contributed by atoms with Crippen molar-refractivity contribution in [3.05, 3.63) is 63.6 Å². The Morgan fingerprint density at radius 3 is 2.74 bits per heavy atom. The van der Waals surface area contributed by atoms with E-state index in [1.54, 1.807) is 6.07 Å². The van der Waals surface area contributed by atoms with E-state index in [0.29, 0.717) is 12.4 Å². The van der Waals surface area contributed by atoms with Crippen LogP contribution in [0.2, 0.25) is 0 Å². The smallest absolute Gasteiger partial charge is 0.335 e. The summed E-state index contributed by atoms with van der Waals surface area (Å²) in [6, 6.07) is 12.7. The number of aryl methyl sites for hydroxylation is 1. The molecule has 0 radical (unpaired) electrons. The van der Waals surface area contributed by atoms with Gasteiger partial charge in [-0.2, -0.15) is 0 Å². The van der Waals surface area contributed by atoms with Gasteiger partial charge < -0.3 is 9.84 Å². The van der Waals surface area contributed by atoms with Gasteiger partial charge in [-0.3, -0.25) is 0 Å². The van der Waals surface area contributed by atoms with Crippen molar-refractivity contribution in [3.63, 3.8) is 0 Å². The molecule has 2 rings (SSSR count). The van der Waals surface area contributed by atoms with Crippen LogP contribution in [0.3, 0.4) is 0 Å². The topological polar surface area (TPSA) is 46.5 Å². The van der Waals surface area contributed by atoms with Crippen LogP contribution < -0.4 is 4.74 Å². The van der Waals surface area contributed by atoms with Crippen molar-refractivity contribution in [2.75, 3.05) is 0 Å². The van der Waals surface area contributed by atoms with Crippen LogP contribution in [0, 0.1) is 6.92 Å². The van der Waals surface area contributed by atoms with Crippen molar-refractivity contribution < 1.29 is 14.6 Å². The molecular formula is C15H13BrO3. The van der Waals surface area contributed by atoms with Crippen molar-refractivity contribution in [1.82, 2.24) is 0 Å². The number of carbonyl (C=O) groups is 1. The first-order valence-electron chi connectivity index (χ1n) is 5.77. The minimum Gasteiger partial charge on any atom is -0.488 e. The van der Waals surface area contributed by atoms with Crippen LogP contribution >= 0.6 is 15.9 Å². The van der Waals surface area contributed by atoms with Gasteiger partial charge in [-0.15, -0.1) is 0 Å². The van der Waals surface area contributed by atoms with Crippen LogP contribution in [0.5, 0.6) is 5.75 Å². The Morgan fingerprint density at radius 2 is 2.05 bits per heavy atom. The van der Waals surface area contributed by atoms with Crippen molar-refractivity contribution in [1.29, 1.82) is 0 Å². The lowest BCUT2D eigenvalue weighted by Crippen LogP contribution is -2.00. The molecule has 0 aliphatic carbocycles. The molecule has 0 bridgehead atoms. The molecular weight excluding hydrogens is 308 g/mol. The van der Waals surface area contributed by atoms with Gasteiger partial charge in [0.15, 0.2) is 0 Å². The Hall–Kier alpha value is -1.81. The fourth-order valence-corrected chi connectivity index (χ4v) is 2.07. The molecule has 0 aliphatic heterocycles. The summed E-state index contributed by atoms with van der Waals surface area (Å²) < 4.78 is 6.40. The maximum atomic E-state index is 10.9. The third kappa shape index (κ3) is 3.58. The SMILES string of the molecule is Cc1cccc(COc2cc(C(=O)O)ccc2Br)c1. The minimum atomic E-state index is -0.965. The number of benzene rings is 2. The molecule has 98 valence electrons. The molecule has 0 aliphatic rings. The average molecular weight is 321 g/mol. The highest BCUT2D eigenvalue weighted by molar-refractivity contribution is 9.10. The number of hydrogen-bond acceptors (Lipinski definition) is 2. The number of rotatable bonds is 4. The Bertz CT molecular complexity index is 608. The van der Waals surface area contributed by atoms with E-state index < -0.39 is 5.97 Å². The highest BCUT2D eigenvalue weighted by atomic mass is 79.9. The van der Waals surface area contributed by atoms with Crippen molar-refractivity contribution in [2.24, 2.45) is 0 Å². The summed E-state index contributed by atoms with van der Waals surface area (Å²) in [5.74, 6) is -0.436. The van der Waals surface area contributed by atoms with E-state index in [4.69, 9.17) is 9.84 Å². The monoisotopic (exact) mass is 320 g/mol. The molecule has 2 aromatic carbocycles. The van der Waals surface area contributed by atoms with Crippen molar-refractivity contribution in [2.45, 2.75) is 13.5 Å². The van der Waals surface area contributed by atoms with Crippen LogP contribution in [0.4, 0.5) is 0 Å². The number of ether oxygens (including phenoxy) is 1. The fourth-order valence-electron chi connectivity index (χ4n) is 1.71. The van der Waals surface area contributed by atoms with E-state index in [1.165, 1.54) is 17.7 Å². The van der Waals surface area contributed by atoms with Crippen LogP contribution in [0.1, 0.15) is 21.5 Å². The number of hydrogen-bond donors (Lipinski definition) is 1. The highest BCUT2D eigenvalue weighted by Crippen LogP contribution is 2.27. The van der Waals surface area contributed by atoms with E-state index >= 15 is 0 Å². The van der Waals surface area contributed by atoms with Gasteiger partial charge in [0.1, 0.15) is 12.4 Å². The predicted molar refractivity (Wildman–Crippen MR) is 76.6 cm³/mol. The third-order valence-electron chi connectivity index (χ3n) is 2.65.